The van der Waals surface area contributed by atoms with Crippen LogP contribution in [-0.4, -0.2) is 59.0 Å². The third kappa shape index (κ3) is 5.07. The van der Waals surface area contributed by atoms with Crippen molar-refractivity contribution >= 4 is 17.9 Å². The lowest BCUT2D eigenvalue weighted by molar-refractivity contribution is -0.137. The minimum absolute atomic E-state index is 0.230. The van der Waals surface area contributed by atoms with E-state index in [-0.39, 0.29) is 24.4 Å². The van der Waals surface area contributed by atoms with Gasteiger partial charge < -0.3 is 20.6 Å². The monoisotopic (exact) mass is 285 g/mol. The number of urea groups is 1. The van der Waals surface area contributed by atoms with E-state index in [4.69, 9.17) is 10.8 Å². The molecule has 7 heteroatoms. The molecule has 0 radical (unpaired) electrons. The highest BCUT2D eigenvalue weighted by atomic mass is 16.4. The number of piperidine rings is 1. The number of carbonyl (C=O) groups is 3. The van der Waals surface area contributed by atoms with Gasteiger partial charge in [0.2, 0.25) is 5.91 Å². The first-order valence-corrected chi connectivity index (χ1v) is 6.98. The Morgan fingerprint density at radius 3 is 2.35 bits per heavy atom. The topological polar surface area (TPSA) is 104 Å². The molecule has 1 saturated heterocycles. The van der Waals surface area contributed by atoms with Crippen molar-refractivity contribution in [1.82, 2.24) is 9.80 Å². The van der Waals surface area contributed by atoms with Gasteiger partial charge in [-0.05, 0) is 25.2 Å². The van der Waals surface area contributed by atoms with Crippen molar-refractivity contribution in [2.45, 2.75) is 32.6 Å². The Balaban J connectivity index is 2.51. The number of aliphatic carboxylic acids is 1. The quantitative estimate of drug-likeness (QED) is 0.741. The number of nitrogens with zero attached hydrogens (tertiary/aromatic N) is 2. The second-order valence-electron chi connectivity index (χ2n) is 5.20. The van der Waals surface area contributed by atoms with Gasteiger partial charge in [0.15, 0.2) is 0 Å². The van der Waals surface area contributed by atoms with Crippen LogP contribution in [0.2, 0.25) is 0 Å². The van der Waals surface area contributed by atoms with E-state index in [1.807, 2.05) is 6.92 Å². The molecule has 1 rings (SSSR count). The maximum Gasteiger partial charge on any atom is 0.323 e. The zero-order chi connectivity index (χ0) is 15.1. The van der Waals surface area contributed by atoms with E-state index in [2.05, 4.69) is 0 Å². The van der Waals surface area contributed by atoms with Crippen molar-refractivity contribution in [2.75, 3.05) is 26.2 Å². The van der Waals surface area contributed by atoms with E-state index in [9.17, 15) is 14.4 Å². The van der Waals surface area contributed by atoms with E-state index in [1.165, 1.54) is 4.90 Å². The smallest absolute Gasteiger partial charge is 0.323 e. The molecule has 114 valence electrons. The van der Waals surface area contributed by atoms with Crippen LogP contribution in [0.3, 0.4) is 0 Å². The van der Waals surface area contributed by atoms with Crippen molar-refractivity contribution in [3.05, 3.63) is 0 Å². The molecule has 0 aromatic heterocycles. The fourth-order valence-corrected chi connectivity index (χ4v) is 2.49. The van der Waals surface area contributed by atoms with Gasteiger partial charge >= 0.3 is 12.0 Å². The van der Waals surface area contributed by atoms with Crippen LogP contribution in [0.4, 0.5) is 4.79 Å². The normalized spacial score (nSPS) is 15.9. The number of hydrogen-bond acceptors (Lipinski definition) is 3. The molecular formula is C13H23N3O4. The van der Waals surface area contributed by atoms with Gasteiger partial charge in [-0.1, -0.05) is 6.92 Å². The van der Waals surface area contributed by atoms with Crippen LogP contribution in [0.5, 0.6) is 0 Å². The summed E-state index contributed by atoms with van der Waals surface area (Å²) >= 11 is 0. The number of rotatable bonds is 6. The first-order chi connectivity index (χ1) is 9.43. The number of hydrogen-bond donors (Lipinski definition) is 2. The predicted octanol–water partition coefficient (Wildman–Crippen LogP) is 0.490. The molecule has 20 heavy (non-hydrogen) atoms. The molecule has 0 aromatic rings. The number of carboxylic acid groups (broad SMARTS) is 1. The average Bonchev–Trinajstić information content (AvgIpc) is 2.37. The van der Waals surface area contributed by atoms with Gasteiger partial charge in [0, 0.05) is 26.1 Å². The Kier molecular flexibility index (Phi) is 6.27. The summed E-state index contributed by atoms with van der Waals surface area (Å²) in [5, 5.41) is 8.84. The Morgan fingerprint density at radius 2 is 1.90 bits per heavy atom. The summed E-state index contributed by atoms with van der Waals surface area (Å²) in [5.74, 6) is -1.08. The molecule has 1 aliphatic heterocycles. The molecule has 3 N–H and O–H groups in total. The first kappa shape index (κ1) is 16.3. The molecule has 0 atom stereocenters. The maximum absolute atomic E-state index is 12.2. The zero-order valence-electron chi connectivity index (χ0n) is 11.9. The van der Waals surface area contributed by atoms with Crippen LogP contribution in [0.25, 0.3) is 0 Å². The van der Waals surface area contributed by atoms with Gasteiger partial charge in [0.05, 0.1) is 0 Å². The van der Waals surface area contributed by atoms with Crippen LogP contribution in [0.15, 0.2) is 0 Å². The summed E-state index contributed by atoms with van der Waals surface area (Å²) in [6.45, 7) is 3.18. The fourth-order valence-electron chi connectivity index (χ4n) is 2.49. The molecule has 0 aromatic carbocycles. The third-order valence-electron chi connectivity index (χ3n) is 3.47. The van der Waals surface area contributed by atoms with Crippen LogP contribution in [0, 0.1) is 5.92 Å². The maximum atomic E-state index is 12.2. The fraction of sp³-hybridized carbons (Fsp3) is 0.769. The highest BCUT2D eigenvalue weighted by Crippen LogP contribution is 2.21. The zero-order valence-corrected chi connectivity index (χ0v) is 11.9. The number of likely N-dealkylation sites (tertiary alicyclic amines) is 1. The Labute approximate surface area is 118 Å². The number of carboxylic acids is 1. The molecule has 0 spiro atoms. The van der Waals surface area contributed by atoms with Gasteiger partial charge in [-0.3, -0.25) is 9.59 Å². The van der Waals surface area contributed by atoms with Gasteiger partial charge in [-0.2, -0.15) is 0 Å². The molecule has 0 unspecified atom stereocenters. The van der Waals surface area contributed by atoms with Gasteiger partial charge in [0.1, 0.15) is 6.54 Å². The predicted molar refractivity (Wildman–Crippen MR) is 73.0 cm³/mol. The number of primary amides is 1. The molecule has 0 saturated carbocycles. The summed E-state index contributed by atoms with van der Waals surface area (Å²) < 4.78 is 0. The van der Waals surface area contributed by atoms with Crippen LogP contribution < -0.4 is 5.73 Å². The third-order valence-corrected chi connectivity index (χ3v) is 3.47. The van der Waals surface area contributed by atoms with E-state index >= 15 is 0 Å². The molecule has 0 aliphatic carbocycles. The van der Waals surface area contributed by atoms with Crippen LogP contribution in [-0.2, 0) is 9.59 Å². The molecule has 7 nitrogen and oxygen atoms in total. The molecule has 3 amide bonds. The lowest BCUT2D eigenvalue weighted by Gasteiger charge is -2.35. The number of amides is 3. The number of nitrogens with two attached hydrogens (primary N) is 1. The van der Waals surface area contributed by atoms with Crippen molar-refractivity contribution in [3.63, 3.8) is 0 Å². The first-order valence-electron chi connectivity index (χ1n) is 6.98. The highest BCUT2D eigenvalue weighted by Gasteiger charge is 2.27. The Morgan fingerprint density at radius 1 is 1.30 bits per heavy atom. The minimum Gasteiger partial charge on any atom is -0.480 e. The molecular weight excluding hydrogens is 262 g/mol. The summed E-state index contributed by atoms with van der Waals surface area (Å²) in [6, 6.07) is -0.230. The van der Waals surface area contributed by atoms with Crippen molar-refractivity contribution in [1.29, 1.82) is 0 Å². The number of carbonyl (C=O) groups excluding carboxylic acids is 2. The summed E-state index contributed by atoms with van der Waals surface area (Å²) in [5.41, 5.74) is 5.17. The van der Waals surface area contributed by atoms with Crippen LogP contribution in [0.1, 0.15) is 32.6 Å². The minimum atomic E-state index is -1.00. The highest BCUT2D eigenvalue weighted by molar-refractivity contribution is 5.80. The summed E-state index contributed by atoms with van der Waals surface area (Å²) in [6.07, 6.45) is 2.55. The van der Waals surface area contributed by atoms with E-state index in [0.717, 1.165) is 19.3 Å². The van der Waals surface area contributed by atoms with E-state index < -0.39 is 5.97 Å². The lowest BCUT2D eigenvalue weighted by Crippen LogP contribution is -2.48. The summed E-state index contributed by atoms with van der Waals surface area (Å²) in [7, 11) is 0. The van der Waals surface area contributed by atoms with E-state index in [0.29, 0.717) is 26.1 Å². The van der Waals surface area contributed by atoms with Crippen LogP contribution >= 0.6 is 0 Å². The Hall–Kier alpha value is -1.79. The Bertz CT molecular complexity index is 365. The molecule has 1 heterocycles. The van der Waals surface area contributed by atoms with Gasteiger partial charge in [-0.15, -0.1) is 0 Å². The molecule has 0 bridgehead atoms. The largest absolute Gasteiger partial charge is 0.480 e. The second kappa shape index (κ2) is 7.72. The standard InChI is InChI=1S/C13H23N3O4/c1-2-5-16(9-12(18)19)13(20)15-6-3-10(4-7-15)8-11(14)17/h10H,2-9H2,1H3,(H2,14,17)(H,18,19). The van der Waals surface area contributed by atoms with Crippen molar-refractivity contribution in [3.8, 4) is 0 Å². The molecule has 1 aliphatic rings. The van der Waals surface area contributed by atoms with Crippen molar-refractivity contribution < 1.29 is 19.5 Å². The van der Waals surface area contributed by atoms with Gasteiger partial charge in [-0.25, -0.2) is 4.79 Å². The second-order valence-corrected chi connectivity index (χ2v) is 5.20. The molecule has 1 fully saturated rings. The lowest BCUT2D eigenvalue weighted by atomic mass is 9.93. The SMILES string of the molecule is CCCN(CC(=O)O)C(=O)N1CCC(CC(N)=O)CC1. The van der Waals surface area contributed by atoms with Crippen molar-refractivity contribution in [2.24, 2.45) is 11.7 Å². The average molecular weight is 285 g/mol. The van der Waals surface area contributed by atoms with Gasteiger partial charge in [0.25, 0.3) is 0 Å². The summed E-state index contributed by atoms with van der Waals surface area (Å²) in [4.78, 5) is 36.9. The van der Waals surface area contributed by atoms with E-state index in [1.54, 1.807) is 4.90 Å².